The van der Waals surface area contributed by atoms with Crippen LogP contribution in [-0.4, -0.2) is 25.6 Å². The monoisotopic (exact) mass is 391 g/mol. The molecule has 0 radical (unpaired) electrons. The van der Waals surface area contributed by atoms with E-state index in [1.165, 1.54) is 0 Å². The molecule has 1 amide bonds. The Morgan fingerprint density at radius 3 is 2.41 bits per heavy atom. The van der Waals surface area contributed by atoms with Crippen molar-refractivity contribution < 1.29 is 9.53 Å². The first-order valence-electron chi connectivity index (χ1n) is 10.2. The number of ether oxygens (including phenoxy) is 1. The molecule has 3 rings (SSSR count). The zero-order chi connectivity index (χ0) is 20.9. The van der Waals surface area contributed by atoms with Crippen LogP contribution in [0.25, 0.3) is 11.1 Å². The highest BCUT2D eigenvalue weighted by Crippen LogP contribution is 2.41. The van der Waals surface area contributed by atoms with E-state index in [9.17, 15) is 4.79 Å². The topological polar surface area (TPSA) is 88.1 Å². The molecule has 0 bridgehead atoms. The Labute approximate surface area is 172 Å². The number of nitrogens with zero attached hydrogens (tertiary/aromatic N) is 1. The standard InChI is InChI=1S/C24H29N3O2/c1-3-29-22-9-8-19(18-6-4-17(16-25)5-7-18)14-20(22)15-24(23(26)28)12-10-21(27-2)11-13-24/h4-9,14,21,27H,3,10-13,15H2,1-2H3,(H2,26,28). The van der Waals surface area contributed by atoms with Crippen molar-refractivity contribution in [3.8, 4) is 22.9 Å². The molecule has 0 saturated heterocycles. The van der Waals surface area contributed by atoms with Crippen LogP contribution in [0, 0.1) is 16.7 Å². The number of carbonyl (C=O) groups excluding carboxylic acids is 1. The fraction of sp³-hybridized carbons (Fsp3) is 0.417. The van der Waals surface area contributed by atoms with E-state index >= 15 is 0 Å². The van der Waals surface area contributed by atoms with Crippen LogP contribution in [0.15, 0.2) is 42.5 Å². The van der Waals surface area contributed by atoms with Crippen LogP contribution >= 0.6 is 0 Å². The summed E-state index contributed by atoms with van der Waals surface area (Å²) in [6.07, 6.45) is 4.02. The van der Waals surface area contributed by atoms with Gasteiger partial charge in [-0.3, -0.25) is 4.79 Å². The first kappa shape index (κ1) is 20.9. The molecule has 0 aliphatic heterocycles. The highest BCUT2D eigenvalue weighted by atomic mass is 16.5. The summed E-state index contributed by atoms with van der Waals surface area (Å²) in [5.74, 6) is 0.583. The largest absolute Gasteiger partial charge is 0.494 e. The third-order valence-corrected chi connectivity index (χ3v) is 6.11. The fourth-order valence-electron chi connectivity index (χ4n) is 4.26. The summed E-state index contributed by atoms with van der Waals surface area (Å²) in [6.45, 7) is 2.52. The van der Waals surface area contributed by atoms with Crippen molar-refractivity contribution in [2.24, 2.45) is 11.1 Å². The summed E-state index contributed by atoms with van der Waals surface area (Å²) in [7, 11) is 1.97. The van der Waals surface area contributed by atoms with Crippen molar-refractivity contribution in [3.05, 3.63) is 53.6 Å². The molecule has 5 nitrogen and oxygen atoms in total. The Morgan fingerprint density at radius 1 is 1.21 bits per heavy atom. The number of hydrogen-bond acceptors (Lipinski definition) is 4. The lowest BCUT2D eigenvalue weighted by Gasteiger charge is -2.38. The highest BCUT2D eigenvalue weighted by molar-refractivity contribution is 5.81. The van der Waals surface area contributed by atoms with Gasteiger partial charge in [0.1, 0.15) is 5.75 Å². The molecule has 2 aromatic carbocycles. The van der Waals surface area contributed by atoms with Crippen LogP contribution in [0.3, 0.4) is 0 Å². The molecule has 2 aromatic rings. The number of nitrogens with one attached hydrogen (secondary N) is 1. The molecule has 1 aliphatic rings. The molecule has 0 aromatic heterocycles. The van der Waals surface area contributed by atoms with Crippen LogP contribution in [0.5, 0.6) is 5.75 Å². The van der Waals surface area contributed by atoms with E-state index in [2.05, 4.69) is 17.5 Å². The average molecular weight is 392 g/mol. The van der Waals surface area contributed by atoms with Gasteiger partial charge in [-0.15, -0.1) is 0 Å². The molecule has 0 heterocycles. The molecule has 0 unspecified atom stereocenters. The van der Waals surface area contributed by atoms with E-state index in [-0.39, 0.29) is 5.91 Å². The number of primary amides is 1. The van der Waals surface area contributed by atoms with Gasteiger partial charge in [0.25, 0.3) is 0 Å². The lowest BCUT2D eigenvalue weighted by atomic mass is 9.68. The van der Waals surface area contributed by atoms with Gasteiger partial charge in [0.2, 0.25) is 5.91 Å². The maximum Gasteiger partial charge on any atom is 0.223 e. The smallest absolute Gasteiger partial charge is 0.223 e. The van der Waals surface area contributed by atoms with Crippen molar-refractivity contribution >= 4 is 5.91 Å². The number of benzene rings is 2. The minimum absolute atomic E-state index is 0.224. The minimum atomic E-state index is -0.539. The predicted octanol–water partition coefficient (Wildman–Crippen LogP) is 3.80. The molecule has 5 heteroatoms. The van der Waals surface area contributed by atoms with Gasteiger partial charge < -0.3 is 15.8 Å². The molecule has 1 saturated carbocycles. The molecule has 29 heavy (non-hydrogen) atoms. The van der Waals surface area contributed by atoms with Crippen molar-refractivity contribution in [2.45, 2.75) is 45.1 Å². The Hall–Kier alpha value is -2.84. The first-order chi connectivity index (χ1) is 14.0. The molecular formula is C24H29N3O2. The summed E-state index contributed by atoms with van der Waals surface area (Å²) >= 11 is 0. The van der Waals surface area contributed by atoms with Crippen molar-refractivity contribution in [3.63, 3.8) is 0 Å². The summed E-state index contributed by atoms with van der Waals surface area (Å²) < 4.78 is 5.87. The van der Waals surface area contributed by atoms with Gasteiger partial charge >= 0.3 is 0 Å². The lowest BCUT2D eigenvalue weighted by molar-refractivity contribution is -0.129. The van der Waals surface area contributed by atoms with Crippen LogP contribution < -0.4 is 15.8 Å². The van der Waals surface area contributed by atoms with E-state index in [4.69, 9.17) is 15.7 Å². The Morgan fingerprint density at radius 2 is 1.86 bits per heavy atom. The van der Waals surface area contributed by atoms with Crippen molar-refractivity contribution in [2.75, 3.05) is 13.7 Å². The first-order valence-corrected chi connectivity index (χ1v) is 10.2. The highest BCUT2D eigenvalue weighted by Gasteiger charge is 2.40. The zero-order valence-corrected chi connectivity index (χ0v) is 17.2. The molecule has 1 fully saturated rings. The number of nitriles is 1. The number of rotatable bonds is 7. The van der Waals surface area contributed by atoms with Crippen LogP contribution in [0.2, 0.25) is 0 Å². The van der Waals surface area contributed by atoms with Gasteiger partial charge in [-0.2, -0.15) is 5.26 Å². The summed E-state index contributed by atoms with van der Waals surface area (Å²) in [5, 5.41) is 12.3. The third-order valence-electron chi connectivity index (χ3n) is 6.11. The Balaban J connectivity index is 1.95. The molecule has 1 aliphatic carbocycles. The average Bonchev–Trinajstić information content (AvgIpc) is 2.75. The second kappa shape index (κ2) is 9.11. The molecule has 152 valence electrons. The van der Waals surface area contributed by atoms with Crippen molar-refractivity contribution in [1.29, 1.82) is 5.26 Å². The van der Waals surface area contributed by atoms with Crippen molar-refractivity contribution in [1.82, 2.24) is 5.32 Å². The van der Waals surface area contributed by atoms with Crippen LogP contribution in [0.1, 0.15) is 43.7 Å². The molecule has 0 atom stereocenters. The van der Waals surface area contributed by atoms with E-state index in [0.29, 0.717) is 24.6 Å². The number of hydrogen-bond donors (Lipinski definition) is 2. The van der Waals surface area contributed by atoms with Gasteiger partial charge in [-0.25, -0.2) is 0 Å². The van der Waals surface area contributed by atoms with Gasteiger partial charge in [0.05, 0.1) is 23.7 Å². The Bertz CT molecular complexity index is 891. The number of amides is 1. The summed E-state index contributed by atoms with van der Waals surface area (Å²) in [6, 6.07) is 16.2. The van der Waals surface area contributed by atoms with Gasteiger partial charge in [-0.1, -0.05) is 18.2 Å². The normalized spacial score (nSPS) is 21.3. The Kier molecular flexibility index (Phi) is 6.56. The number of nitrogens with two attached hydrogens (primary N) is 1. The zero-order valence-electron chi connectivity index (χ0n) is 17.2. The summed E-state index contributed by atoms with van der Waals surface area (Å²) in [4.78, 5) is 12.5. The quantitative estimate of drug-likeness (QED) is 0.751. The van der Waals surface area contributed by atoms with E-state index in [1.54, 1.807) is 0 Å². The van der Waals surface area contributed by atoms with E-state index in [1.807, 2.05) is 50.4 Å². The van der Waals surface area contributed by atoms with Crippen LogP contribution in [-0.2, 0) is 11.2 Å². The molecule has 3 N–H and O–H groups in total. The maximum atomic E-state index is 12.5. The van der Waals surface area contributed by atoms with Gasteiger partial charge in [0, 0.05) is 6.04 Å². The second-order valence-electron chi connectivity index (χ2n) is 7.83. The SMILES string of the molecule is CCOc1ccc(-c2ccc(C#N)cc2)cc1CC1(C(N)=O)CCC(NC)CC1. The van der Waals surface area contributed by atoms with E-state index < -0.39 is 5.41 Å². The van der Waals surface area contributed by atoms with Gasteiger partial charge in [-0.05, 0) is 87.0 Å². The lowest BCUT2D eigenvalue weighted by Crippen LogP contribution is -2.45. The maximum absolute atomic E-state index is 12.5. The summed E-state index contributed by atoms with van der Waals surface area (Å²) in [5.41, 5.74) is 9.08. The van der Waals surface area contributed by atoms with Gasteiger partial charge in [0.15, 0.2) is 0 Å². The molecule has 0 spiro atoms. The van der Waals surface area contributed by atoms with E-state index in [0.717, 1.165) is 48.1 Å². The fourth-order valence-corrected chi connectivity index (χ4v) is 4.26. The van der Waals surface area contributed by atoms with Crippen LogP contribution in [0.4, 0.5) is 0 Å². The predicted molar refractivity (Wildman–Crippen MR) is 114 cm³/mol. The third kappa shape index (κ3) is 4.60. The second-order valence-corrected chi connectivity index (χ2v) is 7.83. The number of carbonyl (C=O) groups is 1. The minimum Gasteiger partial charge on any atom is -0.494 e. The molecular weight excluding hydrogens is 362 g/mol.